The molecule has 0 aromatic carbocycles. The Morgan fingerprint density at radius 1 is 1.50 bits per heavy atom. The van der Waals surface area contributed by atoms with E-state index in [1.165, 1.54) is 0 Å². The molecule has 0 bridgehead atoms. The summed E-state index contributed by atoms with van der Waals surface area (Å²) in [5.74, 6) is 0.637. The molecule has 12 heavy (non-hydrogen) atoms. The van der Waals surface area contributed by atoms with Crippen LogP contribution in [0.25, 0.3) is 0 Å². The van der Waals surface area contributed by atoms with Crippen molar-refractivity contribution in [2.75, 3.05) is 0 Å². The summed E-state index contributed by atoms with van der Waals surface area (Å²) in [6.45, 7) is 0. The van der Waals surface area contributed by atoms with Crippen molar-refractivity contribution in [2.45, 2.75) is 31.7 Å². The first kappa shape index (κ1) is 7.60. The quantitative estimate of drug-likeness (QED) is 0.576. The Kier molecular flexibility index (Phi) is 1.76. The van der Waals surface area contributed by atoms with E-state index in [0.717, 1.165) is 19.3 Å². The van der Waals surface area contributed by atoms with E-state index in [0.29, 0.717) is 12.3 Å². The SMILES string of the molecule is N#CC1CCCC2CC(=O)NC12. The molecule has 3 heteroatoms. The standard InChI is InChI=1S/C9H12N2O/c10-5-7-3-1-2-6-4-8(12)11-9(6)7/h6-7,9H,1-4H2,(H,11,12). The van der Waals surface area contributed by atoms with Crippen molar-refractivity contribution < 1.29 is 4.79 Å². The fourth-order valence-corrected chi connectivity index (χ4v) is 2.36. The lowest BCUT2D eigenvalue weighted by molar-refractivity contribution is -0.119. The van der Waals surface area contributed by atoms with Gasteiger partial charge in [0.25, 0.3) is 0 Å². The summed E-state index contributed by atoms with van der Waals surface area (Å²) in [5, 5.41) is 11.7. The highest BCUT2D eigenvalue weighted by atomic mass is 16.2. The van der Waals surface area contributed by atoms with Crippen molar-refractivity contribution >= 4 is 5.91 Å². The maximum Gasteiger partial charge on any atom is 0.220 e. The topological polar surface area (TPSA) is 52.9 Å². The number of amides is 1. The molecular formula is C9H12N2O. The summed E-state index contributed by atoms with van der Waals surface area (Å²) >= 11 is 0. The maximum absolute atomic E-state index is 11.1. The highest BCUT2D eigenvalue weighted by Crippen LogP contribution is 2.34. The predicted octanol–water partition coefficient (Wildman–Crippen LogP) is 0.815. The molecule has 2 rings (SSSR count). The van der Waals surface area contributed by atoms with Gasteiger partial charge in [-0.2, -0.15) is 5.26 Å². The number of nitriles is 1. The van der Waals surface area contributed by atoms with E-state index in [2.05, 4.69) is 11.4 Å². The predicted molar refractivity (Wildman–Crippen MR) is 43.0 cm³/mol. The lowest BCUT2D eigenvalue weighted by atomic mass is 9.78. The van der Waals surface area contributed by atoms with Crippen LogP contribution < -0.4 is 5.32 Å². The van der Waals surface area contributed by atoms with Gasteiger partial charge in [0.15, 0.2) is 0 Å². The second-order valence-corrected chi connectivity index (χ2v) is 3.72. The molecular weight excluding hydrogens is 152 g/mol. The minimum Gasteiger partial charge on any atom is -0.352 e. The largest absolute Gasteiger partial charge is 0.352 e. The van der Waals surface area contributed by atoms with Gasteiger partial charge in [0.1, 0.15) is 0 Å². The van der Waals surface area contributed by atoms with Crippen LogP contribution in [-0.2, 0) is 4.79 Å². The Morgan fingerprint density at radius 2 is 2.33 bits per heavy atom. The van der Waals surface area contributed by atoms with E-state index in [9.17, 15) is 4.79 Å². The lowest BCUT2D eigenvalue weighted by Crippen LogP contribution is -2.38. The second-order valence-electron chi connectivity index (χ2n) is 3.72. The van der Waals surface area contributed by atoms with Crippen LogP contribution in [0, 0.1) is 23.2 Å². The number of nitrogens with zero attached hydrogens (tertiary/aromatic N) is 1. The van der Waals surface area contributed by atoms with Crippen LogP contribution in [0.4, 0.5) is 0 Å². The summed E-state index contributed by atoms with van der Waals surface area (Å²) in [7, 11) is 0. The van der Waals surface area contributed by atoms with Crippen LogP contribution in [0.3, 0.4) is 0 Å². The molecule has 3 atom stereocenters. The van der Waals surface area contributed by atoms with Gasteiger partial charge in [-0.1, -0.05) is 6.42 Å². The Balaban J connectivity index is 2.13. The van der Waals surface area contributed by atoms with Crippen molar-refractivity contribution in [3.8, 4) is 6.07 Å². The average molecular weight is 164 g/mol. The first-order valence-electron chi connectivity index (χ1n) is 4.50. The molecule has 1 aliphatic carbocycles. The van der Waals surface area contributed by atoms with Crippen LogP contribution >= 0.6 is 0 Å². The molecule has 64 valence electrons. The van der Waals surface area contributed by atoms with E-state index in [1.54, 1.807) is 0 Å². The van der Waals surface area contributed by atoms with Gasteiger partial charge in [-0.15, -0.1) is 0 Å². The molecule has 1 saturated carbocycles. The van der Waals surface area contributed by atoms with E-state index >= 15 is 0 Å². The van der Waals surface area contributed by atoms with Crippen LogP contribution in [-0.4, -0.2) is 11.9 Å². The molecule has 1 saturated heterocycles. The summed E-state index contributed by atoms with van der Waals surface area (Å²) in [5.41, 5.74) is 0. The Labute approximate surface area is 71.8 Å². The van der Waals surface area contributed by atoms with Crippen molar-refractivity contribution in [1.29, 1.82) is 5.26 Å². The molecule has 3 unspecified atom stereocenters. The first-order chi connectivity index (χ1) is 5.81. The van der Waals surface area contributed by atoms with E-state index in [-0.39, 0.29) is 17.9 Å². The molecule has 1 N–H and O–H groups in total. The highest BCUT2D eigenvalue weighted by molar-refractivity contribution is 5.79. The monoisotopic (exact) mass is 164 g/mol. The average Bonchev–Trinajstić information content (AvgIpc) is 2.44. The Morgan fingerprint density at radius 3 is 3.08 bits per heavy atom. The van der Waals surface area contributed by atoms with E-state index < -0.39 is 0 Å². The van der Waals surface area contributed by atoms with Crippen molar-refractivity contribution in [2.24, 2.45) is 11.8 Å². The number of fused-ring (bicyclic) bond motifs is 1. The fraction of sp³-hybridized carbons (Fsp3) is 0.778. The molecule has 1 amide bonds. The molecule has 0 aromatic heterocycles. The molecule has 2 aliphatic rings. The third kappa shape index (κ3) is 1.08. The van der Waals surface area contributed by atoms with Crippen molar-refractivity contribution in [1.82, 2.24) is 5.32 Å². The van der Waals surface area contributed by atoms with Crippen LogP contribution in [0.5, 0.6) is 0 Å². The number of carbonyl (C=O) groups excluding carboxylic acids is 1. The summed E-state index contributed by atoms with van der Waals surface area (Å²) in [6, 6.07) is 2.44. The number of rotatable bonds is 0. The van der Waals surface area contributed by atoms with Crippen LogP contribution in [0.2, 0.25) is 0 Å². The highest BCUT2D eigenvalue weighted by Gasteiger charge is 2.39. The third-order valence-electron chi connectivity index (χ3n) is 2.97. The van der Waals surface area contributed by atoms with Crippen LogP contribution in [0.1, 0.15) is 25.7 Å². The molecule has 1 heterocycles. The van der Waals surface area contributed by atoms with Gasteiger partial charge in [-0.05, 0) is 18.8 Å². The van der Waals surface area contributed by atoms with Gasteiger partial charge in [-0.3, -0.25) is 4.79 Å². The molecule has 0 spiro atoms. The van der Waals surface area contributed by atoms with Gasteiger partial charge < -0.3 is 5.32 Å². The minimum absolute atomic E-state index is 0.0650. The molecule has 1 aliphatic heterocycles. The van der Waals surface area contributed by atoms with Gasteiger partial charge in [-0.25, -0.2) is 0 Å². The van der Waals surface area contributed by atoms with Gasteiger partial charge >= 0.3 is 0 Å². The summed E-state index contributed by atoms with van der Waals surface area (Å²) in [6.07, 6.45) is 3.82. The zero-order valence-electron chi connectivity index (χ0n) is 6.92. The second kappa shape index (κ2) is 2.78. The number of nitrogens with one attached hydrogen (secondary N) is 1. The zero-order valence-corrected chi connectivity index (χ0v) is 6.92. The molecule has 0 radical (unpaired) electrons. The lowest BCUT2D eigenvalue weighted by Gasteiger charge is -2.28. The number of hydrogen-bond acceptors (Lipinski definition) is 2. The Bertz CT molecular complexity index is 243. The minimum atomic E-state index is 0.0650. The molecule has 3 nitrogen and oxygen atoms in total. The Hall–Kier alpha value is -1.04. The van der Waals surface area contributed by atoms with Gasteiger partial charge in [0.2, 0.25) is 5.91 Å². The normalized spacial score (nSPS) is 39.9. The molecule has 2 fully saturated rings. The van der Waals surface area contributed by atoms with Crippen LogP contribution in [0.15, 0.2) is 0 Å². The fourth-order valence-electron chi connectivity index (χ4n) is 2.36. The molecule has 0 aromatic rings. The van der Waals surface area contributed by atoms with Crippen molar-refractivity contribution in [3.63, 3.8) is 0 Å². The summed E-state index contributed by atoms with van der Waals surface area (Å²) in [4.78, 5) is 11.1. The van der Waals surface area contributed by atoms with Gasteiger partial charge in [0.05, 0.1) is 12.0 Å². The maximum atomic E-state index is 11.1. The first-order valence-corrected chi connectivity index (χ1v) is 4.50. The number of hydrogen-bond donors (Lipinski definition) is 1. The summed E-state index contributed by atoms with van der Waals surface area (Å²) < 4.78 is 0. The third-order valence-corrected chi connectivity index (χ3v) is 2.97. The van der Waals surface area contributed by atoms with Gasteiger partial charge in [0, 0.05) is 12.5 Å². The number of carbonyl (C=O) groups is 1. The van der Waals surface area contributed by atoms with Crippen molar-refractivity contribution in [3.05, 3.63) is 0 Å². The van der Waals surface area contributed by atoms with E-state index in [4.69, 9.17) is 5.26 Å². The zero-order chi connectivity index (χ0) is 8.55. The smallest absolute Gasteiger partial charge is 0.220 e. The van der Waals surface area contributed by atoms with E-state index in [1.807, 2.05) is 0 Å².